The average molecular weight is 448 g/mol. The Bertz CT molecular complexity index is 973. The number of hydrogen-bond acceptors (Lipinski definition) is 6. The molecule has 1 aromatic heterocycles. The van der Waals surface area contributed by atoms with Gasteiger partial charge in [0.25, 0.3) is 0 Å². The lowest BCUT2D eigenvalue weighted by Crippen LogP contribution is -2.48. The van der Waals surface area contributed by atoms with Gasteiger partial charge in [0, 0.05) is 59.1 Å². The van der Waals surface area contributed by atoms with Gasteiger partial charge in [-0.25, -0.2) is 4.68 Å². The van der Waals surface area contributed by atoms with E-state index in [9.17, 15) is 0 Å². The number of anilines is 1. The lowest BCUT2D eigenvalue weighted by Gasteiger charge is -2.39. The summed E-state index contributed by atoms with van der Waals surface area (Å²) in [6.07, 6.45) is 1.06. The SMILES string of the molecule is CC(C)CCn1nnnc1[C@@H](c1ccc(N(C)C)cc1)N1CCN(Cc2ccccc2)CC1. The van der Waals surface area contributed by atoms with Gasteiger partial charge < -0.3 is 4.90 Å². The quantitative estimate of drug-likeness (QED) is 0.499. The largest absolute Gasteiger partial charge is 0.378 e. The third kappa shape index (κ3) is 5.97. The van der Waals surface area contributed by atoms with Crippen molar-refractivity contribution in [2.45, 2.75) is 39.4 Å². The molecule has 33 heavy (non-hydrogen) atoms. The summed E-state index contributed by atoms with van der Waals surface area (Å²) in [6, 6.07) is 19.7. The molecule has 7 heteroatoms. The van der Waals surface area contributed by atoms with Crippen LogP contribution in [0.1, 0.15) is 43.3 Å². The maximum absolute atomic E-state index is 4.53. The number of hydrogen-bond donors (Lipinski definition) is 0. The fourth-order valence-electron chi connectivity index (χ4n) is 4.45. The second-order valence-corrected chi connectivity index (χ2v) is 9.63. The van der Waals surface area contributed by atoms with Crippen LogP contribution >= 0.6 is 0 Å². The van der Waals surface area contributed by atoms with Gasteiger partial charge in [-0.2, -0.15) is 0 Å². The summed E-state index contributed by atoms with van der Waals surface area (Å²) in [7, 11) is 4.15. The molecule has 0 aliphatic carbocycles. The molecule has 0 radical (unpaired) electrons. The van der Waals surface area contributed by atoms with E-state index in [1.807, 2.05) is 4.68 Å². The Morgan fingerprint density at radius 3 is 2.24 bits per heavy atom. The fourth-order valence-corrected chi connectivity index (χ4v) is 4.45. The van der Waals surface area contributed by atoms with Crippen molar-refractivity contribution in [1.82, 2.24) is 30.0 Å². The van der Waals surface area contributed by atoms with Crippen LogP contribution in [0.5, 0.6) is 0 Å². The molecule has 0 amide bonds. The third-order valence-corrected chi connectivity index (χ3v) is 6.47. The summed E-state index contributed by atoms with van der Waals surface area (Å²) >= 11 is 0. The van der Waals surface area contributed by atoms with E-state index in [0.717, 1.165) is 51.5 Å². The minimum Gasteiger partial charge on any atom is -0.378 e. The molecular weight excluding hydrogens is 410 g/mol. The molecule has 0 spiro atoms. The lowest BCUT2D eigenvalue weighted by molar-refractivity contribution is 0.0999. The fraction of sp³-hybridized carbons (Fsp3) is 0.500. The molecular formula is C26H37N7. The van der Waals surface area contributed by atoms with E-state index in [2.05, 4.69) is 113 Å². The van der Waals surface area contributed by atoms with E-state index < -0.39 is 0 Å². The first-order valence-electron chi connectivity index (χ1n) is 12.0. The summed E-state index contributed by atoms with van der Waals surface area (Å²) in [5.41, 5.74) is 3.82. The van der Waals surface area contributed by atoms with Crippen molar-refractivity contribution in [3.05, 3.63) is 71.5 Å². The van der Waals surface area contributed by atoms with Gasteiger partial charge in [0.1, 0.15) is 0 Å². The van der Waals surface area contributed by atoms with Crippen molar-refractivity contribution < 1.29 is 0 Å². The van der Waals surface area contributed by atoms with Gasteiger partial charge in [-0.05, 0) is 46.0 Å². The molecule has 1 fully saturated rings. The maximum Gasteiger partial charge on any atom is 0.173 e. The summed E-state index contributed by atoms with van der Waals surface area (Å²) in [4.78, 5) is 7.22. The topological polar surface area (TPSA) is 53.3 Å². The van der Waals surface area contributed by atoms with Crippen LogP contribution in [0.15, 0.2) is 54.6 Å². The first-order chi connectivity index (χ1) is 16.0. The summed E-state index contributed by atoms with van der Waals surface area (Å²) < 4.78 is 2.01. The smallest absolute Gasteiger partial charge is 0.173 e. The van der Waals surface area contributed by atoms with Crippen molar-refractivity contribution in [1.29, 1.82) is 0 Å². The zero-order valence-electron chi connectivity index (χ0n) is 20.4. The third-order valence-electron chi connectivity index (χ3n) is 6.47. The highest BCUT2D eigenvalue weighted by Gasteiger charge is 2.30. The molecule has 4 rings (SSSR count). The number of aromatic nitrogens is 4. The molecule has 1 aliphatic rings. The van der Waals surface area contributed by atoms with E-state index >= 15 is 0 Å². The van der Waals surface area contributed by atoms with Crippen molar-refractivity contribution in [2.75, 3.05) is 45.2 Å². The van der Waals surface area contributed by atoms with Gasteiger partial charge in [0.05, 0.1) is 6.04 Å². The van der Waals surface area contributed by atoms with Crippen LogP contribution in [0, 0.1) is 5.92 Å². The van der Waals surface area contributed by atoms with E-state index in [1.54, 1.807) is 0 Å². The Kier molecular flexibility index (Phi) is 7.73. The number of tetrazole rings is 1. The van der Waals surface area contributed by atoms with Gasteiger partial charge in [0.2, 0.25) is 0 Å². The van der Waals surface area contributed by atoms with E-state index in [4.69, 9.17) is 0 Å². The molecule has 7 nitrogen and oxygen atoms in total. The number of rotatable bonds is 9. The summed E-state index contributed by atoms with van der Waals surface area (Å²) in [5, 5.41) is 13.0. The van der Waals surface area contributed by atoms with Crippen LogP contribution in [0.4, 0.5) is 5.69 Å². The minimum atomic E-state index is 0.0576. The Hall–Kier alpha value is -2.77. The van der Waals surface area contributed by atoms with Gasteiger partial charge in [-0.1, -0.05) is 56.3 Å². The van der Waals surface area contributed by atoms with Crippen molar-refractivity contribution in [3.63, 3.8) is 0 Å². The van der Waals surface area contributed by atoms with Gasteiger partial charge in [-0.15, -0.1) is 5.10 Å². The number of nitrogens with zero attached hydrogens (tertiary/aromatic N) is 7. The Morgan fingerprint density at radius 2 is 1.61 bits per heavy atom. The predicted octanol–water partition coefficient (Wildman–Crippen LogP) is 3.69. The zero-order chi connectivity index (χ0) is 23.2. The molecule has 1 saturated heterocycles. The second-order valence-electron chi connectivity index (χ2n) is 9.63. The first-order valence-corrected chi connectivity index (χ1v) is 12.0. The molecule has 0 saturated carbocycles. The van der Waals surface area contributed by atoms with Gasteiger partial charge in [-0.3, -0.25) is 9.80 Å². The highest BCUT2D eigenvalue weighted by Crippen LogP contribution is 2.30. The van der Waals surface area contributed by atoms with Crippen LogP contribution in [0.3, 0.4) is 0 Å². The average Bonchev–Trinajstić information content (AvgIpc) is 3.28. The highest BCUT2D eigenvalue weighted by molar-refractivity contribution is 5.47. The van der Waals surface area contributed by atoms with Crippen LogP contribution < -0.4 is 4.90 Å². The molecule has 0 unspecified atom stereocenters. The standard InChI is InChI=1S/C26H37N7/c1-21(2)14-15-33-26(27-28-29-33)25(23-10-12-24(13-11-23)30(3)4)32-18-16-31(17-19-32)20-22-8-6-5-7-9-22/h5-13,21,25H,14-20H2,1-4H3/t25-/m1/s1. The first kappa shape index (κ1) is 23.4. The molecule has 1 aliphatic heterocycles. The van der Waals surface area contributed by atoms with Crippen molar-refractivity contribution in [3.8, 4) is 0 Å². The van der Waals surface area contributed by atoms with Crippen LogP contribution in [0.25, 0.3) is 0 Å². The highest BCUT2D eigenvalue weighted by atomic mass is 15.6. The van der Waals surface area contributed by atoms with E-state index in [1.165, 1.54) is 16.8 Å². The van der Waals surface area contributed by atoms with Gasteiger partial charge >= 0.3 is 0 Å². The van der Waals surface area contributed by atoms with Crippen LogP contribution in [-0.4, -0.2) is 70.3 Å². The molecule has 0 N–H and O–H groups in total. The second kappa shape index (κ2) is 10.9. The minimum absolute atomic E-state index is 0.0576. The van der Waals surface area contributed by atoms with E-state index in [-0.39, 0.29) is 6.04 Å². The summed E-state index contributed by atoms with van der Waals surface area (Å²) in [6.45, 7) is 10.4. The molecule has 2 aromatic carbocycles. The van der Waals surface area contributed by atoms with Crippen LogP contribution in [-0.2, 0) is 13.1 Å². The normalized spacial score (nSPS) is 16.3. The molecule has 0 bridgehead atoms. The van der Waals surface area contributed by atoms with Crippen molar-refractivity contribution >= 4 is 5.69 Å². The van der Waals surface area contributed by atoms with Gasteiger partial charge in [0.15, 0.2) is 5.82 Å². The molecule has 2 heterocycles. The van der Waals surface area contributed by atoms with Crippen molar-refractivity contribution in [2.24, 2.45) is 5.92 Å². The lowest BCUT2D eigenvalue weighted by atomic mass is 10.0. The maximum atomic E-state index is 4.53. The molecule has 3 aromatic rings. The number of piperazine rings is 1. The van der Waals surface area contributed by atoms with E-state index in [0.29, 0.717) is 5.92 Å². The Balaban J connectivity index is 1.54. The molecule has 176 valence electrons. The Labute approximate surface area is 198 Å². The van der Waals surface area contributed by atoms with Crippen LogP contribution in [0.2, 0.25) is 0 Å². The monoisotopic (exact) mass is 447 g/mol. The number of benzene rings is 2. The summed E-state index contributed by atoms with van der Waals surface area (Å²) in [5.74, 6) is 1.56. The molecule has 1 atom stereocenters. The Morgan fingerprint density at radius 1 is 0.909 bits per heavy atom. The predicted molar refractivity (Wildman–Crippen MR) is 133 cm³/mol. The number of aryl methyl sites for hydroxylation is 1. The zero-order valence-corrected chi connectivity index (χ0v) is 20.4.